The Balaban J connectivity index is 2.11. The largest absolute Gasteiger partial charge is 0.361 e. The van der Waals surface area contributed by atoms with Gasteiger partial charge in [0.1, 0.15) is 0 Å². The Morgan fingerprint density at radius 1 is 1.29 bits per heavy atom. The molecule has 3 rings (SSSR count). The molecule has 0 radical (unpaired) electrons. The van der Waals surface area contributed by atoms with Crippen LogP contribution in [-0.4, -0.2) is 42.5 Å². The van der Waals surface area contributed by atoms with Gasteiger partial charge in [-0.05, 0) is 12.5 Å². The predicted molar refractivity (Wildman–Crippen MR) is 84.1 cm³/mol. The molecule has 0 spiro atoms. The second-order valence-electron chi connectivity index (χ2n) is 5.44. The van der Waals surface area contributed by atoms with Gasteiger partial charge in [-0.1, -0.05) is 18.2 Å². The zero-order chi connectivity index (χ0) is 14.8. The van der Waals surface area contributed by atoms with E-state index in [1.165, 1.54) is 0 Å². The standard InChI is InChI=1S/C16H20N4O/c1-19-7-4-8-20(11-15(19)21)16-12(9-17)10-18-14-6-3-2-5-13(14)16/h2-3,5-6,10H,4,7-9,11,17H2,1H3. The fourth-order valence-electron chi connectivity index (χ4n) is 2.87. The first-order chi connectivity index (χ1) is 10.2. The molecular weight excluding hydrogens is 264 g/mol. The number of anilines is 1. The summed E-state index contributed by atoms with van der Waals surface area (Å²) in [5.74, 6) is 0.149. The van der Waals surface area contributed by atoms with Gasteiger partial charge in [0.15, 0.2) is 0 Å². The number of carbonyl (C=O) groups excluding carboxylic acids is 1. The van der Waals surface area contributed by atoms with Crippen molar-refractivity contribution >= 4 is 22.5 Å². The monoisotopic (exact) mass is 284 g/mol. The van der Waals surface area contributed by atoms with Crippen LogP contribution in [0.4, 0.5) is 5.69 Å². The molecule has 2 N–H and O–H groups in total. The lowest BCUT2D eigenvalue weighted by molar-refractivity contribution is -0.127. The lowest BCUT2D eigenvalue weighted by Gasteiger charge is -2.26. The summed E-state index contributed by atoms with van der Waals surface area (Å²) in [4.78, 5) is 20.6. The highest BCUT2D eigenvalue weighted by Crippen LogP contribution is 2.30. The van der Waals surface area contributed by atoms with Gasteiger partial charge < -0.3 is 15.5 Å². The molecular formula is C16H20N4O. The molecule has 110 valence electrons. The Kier molecular flexibility index (Phi) is 3.75. The van der Waals surface area contributed by atoms with Gasteiger partial charge in [0.05, 0.1) is 17.7 Å². The highest BCUT2D eigenvalue weighted by Gasteiger charge is 2.22. The van der Waals surface area contributed by atoms with Gasteiger partial charge in [0.2, 0.25) is 5.91 Å². The third-order valence-corrected chi connectivity index (χ3v) is 4.03. The first-order valence-corrected chi connectivity index (χ1v) is 7.26. The van der Waals surface area contributed by atoms with Gasteiger partial charge in [0, 0.05) is 43.8 Å². The van der Waals surface area contributed by atoms with Crippen molar-refractivity contribution in [3.8, 4) is 0 Å². The SMILES string of the molecule is CN1CCCN(c2c(CN)cnc3ccccc23)CC1=O. The number of fused-ring (bicyclic) bond motifs is 1. The normalized spacial score (nSPS) is 16.4. The Hall–Kier alpha value is -2.14. The van der Waals surface area contributed by atoms with Gasteiger partial charge in [-0.25, -0.2) is 0 Å². The summed E-state index contributed by atoms with van der Waals surface area (Å²) >= 11 is 0. The average Bonchev–Trinajstić information content (AvgIpc) is 2.68. The molecule has 0 bridgehead atoms. The number of para-hydroxylation sites is 1. The van der Waals surface area contributed by atoms with E-state index in [4.69, 9.17) is 5.73 Å². The zero-order valence-corrected chi connectivity index (χ0v) is 12.2. The summed E-state index contributed by atoms with van der Waals surface area (Å²) in [5, 5.41) is 1.07. The summed E-state index contributed by atoms with van der Waals surface area (Å²) in [6.07, 6.45) is 2.79. The second kappa shape index (κ2) is 5.69. The first kappa shape index (κ1) is 13.8. The molecule has 1 saturated heterocycles. The van der Waals surface area contributed by atoms with Crippen LogP contribution in [0.25, 0.3) is 10.9 Å². The second-order valence-corrected chi connectivity index (χ2v) is 5.44. The molecule has 1 fully saturated rings. The van der Waals surface area contributed by atoms with Crippen LogP contribution in [0.15, 0.2) is 30.5 Å². The molecule has 5 nitrogen and oxygen atoms in total. The van der Waals surface area contributed by atoms with Crippen LogP contribution in [0.5, 0.6) is 0 Å². The molecule has 1 aliphatic heterocycles. The van der Waals surface area contributed by atoms with E-state index < -0.39 is 0 Å². The molecule has 2 aromatic rings. The van der Waals surface area contributed by atoms with E-state index in [-0.39, 0.29) is 5.91 Å². The van der Waals surface area contributed by atoms with Crippen LogP contribution in [0.3, 0.4) is 0 Å². The highest BCUT2D eigenvalue weighted by atomic mass is 16.2. The molecule has 1 amide bonds. The molecule has 2 heterocycles. The van der Waals surface area contributed by atoms with Crippen molar-refractivity contribution in [3.05, 3.63) is 36.0 Å². The van der Waals surface area contributed by atoms with Gasteiger partial charge in [0.25, 0.3) is 0 Å². The number of pyridine rings is 1. The number of likely N-dealkylation sites (N-methyl/N-ethyl adjacent to an activating group) is 1. The Morgan fingerprint density at radius 2 is 2.10 bits per heavy atom. The van der Waals surface area contributed by atoms with Crippen molar-refractivity contribution in [3.63, 3.8) is 0 Å². The zero-order valence-electron chi connectivity index (χ0n) is 12.2. The maximum atomic E-state index is 12.2. The van der Waals surface area contributed by atoms with Crippen LogP contribution >= 0.6 is 0 Å². The van der Waals surface area contributed by atoms with Gasteiger partial charge in [-0.15, -0.1) is 0 Å². The van der Waals surface area contributed by atoms with Crippen molar-refractivity contribution < 1.29 is 4.79 Å². The van der Waals surface area contributed by atoms with E-state index in [1.54, 1.807) is 4.90 Å². The van der Waals surface area contributed by atoms with E-state index in [1.807, 2.05) is 31.4 Å². The minimum absolute atomic E-state index is 0.149. The summed E-state index contributed by atoms with van der Waals surface area (Å²) in [5.41, 5.74) is 8.88. The first-order valence-electron chi connectivity index (χ1n) is 7.26. The summed E-state index contributed by atoms with van der Waals surface area (Å²) in [6.45, 7) is 2.48. The van der Waals surface area contributed by atoms with Gasteiger partial charge in [-0.2, -0.15) is 0 Å². The maximum Gasteiger partial charge on any atom is 0.241 e. The van der Waals surface area contributed by atoms with Crippen LogP contribution in [0.1, 0.15) is 12.0 Å². The van der Waals surface area contributed by atoms with E-state index in [0.29, 0.717) is 13.1 Å². The summed E-state index contributed by atoms with van der Waals surface area (Å²) < 4.78 is 0. The van der Waals surface area contributed by atoms with Gasteiger partial charge in [-0.3, -0.25) is 9.78 Å². The quantitative estimate of drug-likeness (QED) is 0.904. The third-order valence-electron chi connectivity index (χ3n) is 4.03. The Bertz CT molecular complexity index is 670. The van der Waals surface area contributed by atoms with Crippen LogP contribution in [0, 0.1) is 0 Å². The molecule has 0 aliphatic carbocycles. The van der Waals surface area contributed by atoms with Gasteiger partial charge >= 0.3 is 0 Å². The number of rotatable bonds is 2. The van der Waals surface area contributed by atoms with Crippen molar-refractivity contribution in [1.29, 1.82) is 0 Å². The molecule has 1 aliphatic rings. The molecule has 0 atom stereocenters. The topological polar surface area (TPSA) is 62.5 Å². The molecule has 0 unspecified atom stereocenters. The molecule has 5 heteroatoms. The van der Waals surface area contributed by atoms with Crippen molar-refractivity contribution in [2.24, 2.45) is 5.73 Å². The average molecular weight is 284 g/mol. The fraction of sp³-hybridized carbons (Fsp3) is 0.375. The fourth-order valence-corrected chi connectivity index (χ4v) is 2.87. The lowest BCUT2D eigenvalue weighted by Crippen LogP contribution is -2.35. The third kappa shape index (κ3) is 2.56. The summed E-state index contributed by atoms with van der Waals surface area (Å²) in [7, 11) is 1.86. The van der Waals surface area contributed by atoms with E-state index in [9.17, 15) is 4.79 Å². The lowest BCUT2D eigenvalue weighted by atomic mass is 10.1. The molecule has 21 heavy (non-hydrogen) atoms. The van der Waals surface area contributed by atoms with Crippen LogP contribution in [0.2, 0.25) is 0 Å². The minimum Gasteiger partial charge on any atom is -0.361 e. The smallest absolute Gasteiger partial charge is 0.241 e. The van der Waals surface area contributed by atoms with E-state index >= 15 is 0 Å². The molecule has 0 saturated carbocycles. The molecule has 1 aromatic carbocycles. The minimum atomic E-state index is 0.149. The van der Waals surface area contributed by atoms with Crippen molar-refractivity contribution in [2.75, 3.05) is 31.6 Å². The number of hydrogen-bond acceptors (Lipinski definition) is 4. The van der Waals surface area contributed by atoms with Crippen molar-refractivity contribution in [2.45, 2.75) is 13.0 Å². The number of nitrogens with zero attached hydrogens (tertiary/aromatic N) is 3. The highest BCUT2D eigenvalue weighted by molar-refractivity contribution is 5.95. The van der Waals surface area contributed by atoms with Crippen LogP contribution < -0.4 is 10.6 Å². The Labute approximate surface area is 124 Å². The number of hydrogen-bond donors (Lipinski definition) is 1. The molecule has 1 aromatic heterocycles. The number of aromatic nitrogens is 1. The predicted octanol–water partition coefficient (Wildman–Crippen LogP) is 1.36. The maximum absolute atomic E-state index is 12.2. The Morgan fingerprint density at radius 3 is 2.90 bits per heavy atom. The van der Waals surface area contributed by atoms with Crippen molar-refractivity contribution in [1.82, 2.24) is 9.88 Å². The van der Waals surface area contributed by atoms with E-state index in [2.05, 4.69) is 16.0 Å². The number of benzene rings is 1. The number of nitrogens with two attached hydrogens (primary N) is 1. The van der Waals surface area contributed by atoms with Crippen LogP contribution in [-0.2, 0) is 11.3 Å². The van der Waals surface area contributed by atoms with E-state index in [0.717, 1.165) is 41.7 Å². The number of amides is 1. The number of carbonyl (C=O) groups is 1. The summed E-state index contributed by atoms with van der Waals surface area (Å²) in [6, 6.07) is 8.02.